The Kier molecular flexibility index (Phi) is 2.43. The maximum atomic E-state index is 11.5. The first-order chi connectivity index (χ1) is 7.40. The van der Waals surface area contributed by atoms with E-state index < -0.39 is 16.1 Å². The number of carbonyl (C=O) groups is 1. The molecule has 2 N–H and O–H groups in total. The minimum atomic E-state index is -3.89. The van der Waals surface area contributed by atoms with Gasteiger partial charge in [0.05, 0.1) is 5.69 Å². The van der Waals surface area contributed by atoms with Gasteiger partial charge < -0.3 is 5.11 Å². The zero-order valence-electron chi connectivity index (χ0n) is 7.84. The molecule has 1 aliphatic heterocycles. The van der Waals surface area contributed by atoms with Crippen LogP contribution >= 0.6 is 11.6 Å². The van der Waals surface area contributed by atoms with Gasteiger partial charge in [0, 0.05) is 11.1 Å². The summed E-state index contributed by atoms with van der Waals surface area (Å²) in [6.07, 6.45) is 0. The number of nitrogens with zero attached hydrogens (tertiary/aromatic N) is 1. The van der Waals surface area contributed by atoms with Gasteiger partial charge >= 0.3 is 10.2 Å². The summed E-state index contributed by atoms with van der Waals surface area (Å²) < 4.78 is 25.5. The van der Waals surface area contributed by atoms with Crippen LogP contribution in [0.3, 0.4) is 0 Å². The van der Waals surface area contributed by atoms with Crippen molar-refractivity contribution in [1.29, 1.82) is 0 Å². The van der Waals surface area contributed by atoms with E-state index in [9.17, 15) is 18.3 Å². The minimum absolute atomic E-state index is 0.0164. The van der Waals surface area contributed by atoms with Crippen LogP contribution < -0.4 is 9.03 Å². The summed E-state index contributed by atoms with van der Waals surface area (Å²) in [5.74, 6) is -0.943. The summed E-state index contributed by atoms with van der Waals surface area (Å²) in [5.41, 5.74) is 0.0164. The Bertz CT molecular complexity index is 557. The molecule has 0 unspecified atom stereocenters. The molecule has 86 valence electrons. The third-order valence-electron chi connectivity index (χ3n) is 2.03. The number of hydrogen-bond acceptors (Lipinski definition) is 4. The molecule has 1 amide bonds. The Morgan fingerprint density at radius 2 is 2.12 bits per heavy atom. The molecule has 1 heterocycles. The molecule has 8 heteroatoms. The second kappa shape index (κ2) is 3.53. The largest absolute Gasteiger partial charge is 0.506 e. The summed E-state index contributed by atoms with van der Waals surface area (Å²) in [4.78, 5) is 11.0. The quantitative estimate of drug-likeness (QED) is 0.758. The highest BCUT2D eigenvalue weighted by Gasteiger charge is 2.35. The average Bonchev–Trinajstić information content (AvgIpc) is 2.39. The number of anilines is 1. The van der Waals surface area contributed by atoms with Crippen molar-refractivity contribution in [2.75, 3.05) is 10.8 Å². The van der Waals surface area contributed by atoms with Crippen LogP contribution in [0.2, 0.25) is 5.02 Å². The number of nitrogens with one attached hydrogen (secondary N) is 1. The molecule has 1 aromatic carbocycles. The van der Waals surface area contributed by atoms with Crippen LogP contribution in [-0.2, 0) is 15.0 Å². The third kappa shape index (κ3) is 1.79. The summed E-state index contributed by atoms with van der Waals surface area (Å²) in [5, 5.41) is 9.82. The summed E-state index contributed by atoms with van der Waals surface area (Å²) in [6.45, 7) is -0.350. The molecule has 1 fully saturated rings. The SMILES string of the molecule is O=C1CN(c2ccc(Cl)cc2O)S(=O)(=O)N1. The topological polar surface area (TPSA) is 86.7 Å². The van der Waals surface area contributed by atoms with Gasteiger partial charge in [-0.2, -0.15) is 8.42 Å². The lowest BCUT2D eigenvalue weighted by Gasteiger charge is -2.15. The number of halogens is 1. The molecule has 0 aliphatic carbocycles. The van der Waals surface area contributed by atoms with Crippen LogP contribution in [0.1, 0.15) is 0 Å². The second-order valence-corrected chi connectivity index (χ2v) is 5.20. The summed E-state index contributed by atoms with van der Waals surface area (Å²) >= 11 is 5.61. The molecule has 1 saturated heterocycles. The lowest BCUT2D eigenvalue weighted by molar-refractivity contribution is -0.117. The van der Waals surface area contributed by atoms with Gasteiger partial charge in [-0.05, 0) is 12.1 Å². The van der Waals surface area contributed by atoms with E-state index >= 15 is 0 Å². The second-order valence-electron chi connectivity index (χ2n) is 3.17. The fraction of sp³-hybridized carbons (Fsp3) is 0.125. The smallest absolute Gasteiger partial charge is 0.326 e. The monoisotopic (exact) mass is 262 g/mol. The normalized spacial score (nSPS) is 18.6. The highest BCUT2D eigenvalue weighted by molar-refractivity contribution is 7.92. The molecule has 2 rings (SSSR count). The number of phenols is 1. The molecule has 1 aromatic rings. The van der Waals surface area contributed by atoms with Crippen LogP contribution in [0.15, 0.2) is 18.2 Å². The Morgan fingerprint density at radius 3 is 2.62 bits per heavy atom. The number of amides is 1. The molecular formula is C8H7ClN2O4S. The molecule has 1 aliphatic rings. The van der Waals surface area contributed by atoms with Gasteiger partial charge in [-0.15, -0.1) is 0 Å². The van der Waals surface area contributed by atoms with E-state index in [-0.39, 0.29) is 23.0 Å². The van der Waals surface area contributed by atoms with E-state index in [2.05, 4.69) is 0 Å². The fourth-order valence-corrected chi connectivity index (χ4v) is 2.70. The maximum Gasteiger partial charge on any atom is 0.326 e. The summed E-state index contributed by atoms with van der Waals surface area (Å²) in [7, 11) is -3.89. The first-order valence-corrected chi connectivity index (χ1v) is 6.04. The number of benzene rings is 1. The van der Waals surface area contributed by atoms with Gasteiger partial charge in [0.15, 0.2) is 0 Å². The van der Waals surface area contributed by atoms with Crippen molar-refractivity contribution in [1.82, 2.24) is 4.72 Å². The molecule has 0 radical (unpaired) electrons. The van der Waals surface area contributed by atoms with Gasteiger partial charge in [-0.25, -0.2) is 9.03 Å². The Hall–Kier alpha value is -1.47. The predicted molar refractivity (Wildman–Crippen MR) is 57.5 cm³/mol. The minimum Gasteiger partial charge on any atom is -0.506 e. The van der Waals surface area contributed by atoms with Crippen molar-refractivity contribution in [3.05, 3.63) is 23.2 Å². The first kappa shape index (κ1) is 11.0. The van der Waals surface area contributed by atoms with Crippen LogP contribution in [0.4, 0.5) is 5.69 Å². The van der Waals surface area contributed by atoms with E-state index in [0.717, 1.165) is 4.31 Å². The molecular weight excluding hydrogens is 256 g/mol. The Morgan fingerprint density at radius 1 is 1.44 bits per heavy atom. The lowest BCUT2D eigenvalue weighted by Crippen LogP contribution is -2.29. The summed E-state index contributed by atoms with van der Waals surface area (Å²) in [6, 6.07) is 3.96. The Balaban J connectivity index is 2.49. The van der Waals surface area contributed by atoms with Gasteiger partial charge in [0.2, 0.25) is 0 Å². The number of carbonyl (C=O) groups excluding carboxylic acids is 1. The van der Waals surface area contributed by atoms with Crippen LogP contribution in [-0.4, -0.2) is 26.0 Å². The first-order valence-electron chi connectivity index (χ1n) is 4.22. The van der Waals surface area contributed by atoms with Crippen LogP contribution in [0, 0.1) is 0 Å². The van der Waals surface area contributed by atoms with E-state index in [1.807, 2.05) is 0 Å². The Labute approximate surface area is 96.6 Å². The molecule has 16 heavy (non-hydrogen) atoms. The van der Waals surface area contributed by atoms with Crippen molar-refractivity contribution in [2.24, 2.45) is 0 Å². The van der Waals surface area contributed by atoms with Crippen molar-refractivity contribution in [2.45, 2.75) is 0 Å². The van der Waals surface area contributed by atoms with Crippen molar-refractivity contribution in [3.8, 4) is 5.75 Å². The highest BCUT2D eigenvalue weighted by Crippen LogP contribution is 2.32. The van der Waals surface area contributed by atoms with Gasteiger partial charge in [0.25, 0.3) is 5.91 Å². The highest BCUT2D eigenvalue weighted by atomic mass is 35.5. The van der Waals surface area contributed by atoms with E-state index in [0.29, 0.717) is 0 Å². The van der Waals surface area contributed by atoms with Gasteiger partial charge in [-0.3, -0.25) is 4.79 Å². The molecule has 0 atom stereocenters. The van der Waals surface area contributed by atoms with Gasteiger partial charge in [0.1, 0.15) is 12.3 Å². The van der Waals surface area contributed by atoms with E-state index in [1.165, 1.54) is 18.2 Å². The average molecular weight is 263 g/mol. The van der Waals surface area contributed by atoms with Crippen LogP contribution in [0.5, 0.6) is 5.75 Å². The van der Waals surface area contributed by atoms with E-state index in [4.69, 9.17) is 11.6 Å². The van der Waals surface area contributed by atoms with Crippen molar-refractivity contribution < 1.29 is 18.3 Å². The molecule has 0 saturated carbocycles. The molecule has 0 bridgehead atoms. The van der Waals surface area contributed by atoms with Gasteiger partial charge in [-0.1, -0.05) is 11.6 Å². The zero-order chi connectivity index (χ0) is 11.9. The van der Waals surface area contributed by atoms with Crippen molar-refractivity contribution in [3.63, 3.8) is 0 Å². The third-order valence-corrected chi connectivity index (χ3v) is 3.65. The molecule has 0 spiro atoms. The standard InChI is InChI=1S/C8H7ClN2O4S/c9-5-1-2-6(7(12)3-5)11-4-8(13)10-16(11,14)15/h1-3,12H,4H2,(H,10,13). The lowest BCUT2D eigenvalue weighted by atomic mass is 10.3. The number of hydrogen-bond donors (Lipinski definition) is 2. The predicted octanol–water partition coefficient (Wildman–Crippen LogP) is 0.227. The fourth-order valence-electron chi connectivity index (χ4n) is 1.37. The number of phenolic OH excluding ortho intramolecular Hbond substituents is 1. The van der Waals surface area contributed by atoms with Crippen molar-refractivity contribution >= 4 is 33.4 Å². The molecule has 0 aromatic heterocycles. The van der Waals surface area contributed by atoms with E-state index in [1.54, 1.807) is 4.72 Å². The number of rotatable bonds is 1. The molecule has 6 nitrogen and oxygen atoms in total. The number of aromatic hydroxyl groups is 1. The maximum absolute atomic E-state index is 11.5. The van der Waals surface area contributed by atoms with Crippen LogP contribution in [0.25, 0.3) is 0 Å². The zero-order valence-corrected chi connectivity index (χ0v) is 9.42.